The Morgan fingerprint density at radius 1 is 0.430 bits per heavy atom. The number of allylic oxidation sites excluding steroid dienone is 4. The van der Waals surface area contributed by atoms with Gasteiger partial charge in [-0.1, -0.05) is 110 Å². The molecular formula is C61H66O18. The summed E-state index contributed by atoms with van der Waals surface area (Å²) in [6.07, 6.45) is 2.85. The molecule has 4 aromatic rings. The van der Waals surface area contributed by atoms with Gasteiger partial charge in [0.25, 0.3) is 0 Å². The Morgan fingerprint density at radius 2 is 0.709 bits per heavy atom. The predicted octanol–water partition coefficient (Wildman–Crippen LogP) is 5.83. The first-order valence-corrected chi connectivity index (χ1v) is 26.0. The summed E-state index contributed by atoms with van der Waals surface area (Å²) in [5.41, 5.74) is 5.53. The number of hydrogen-bond donors (Lipinski definition) is 4. The van der Waals surface area contributed by atoms with Crippen LogP contribution in [0.1, 0.15) is 61.8 Å². The van der Waals surface area contributed by atoms with Gasteiger partial charge in [0, 0.05) is 11.1 Å². The third-order valence-corrected chi connectivity index (χ3v) is 13.7. The molecule has 0 saturated carbocycles. The largest absolute Gasteiger partial charge is 0.491 e. The van der Waals surface area contributed by atoms with Crippen LogP contribution in [0.15, 0.2) is 146 Å². The van der Waals surface area contributed by atoms with Crippen molar-refractivity contribution in [1.29, 1.82) is 0 Å². The molecule has 0 aliphatic heterocycles. The second-order valence-electron chi connectivity index (χ2n) is 19.7. The highest BCUT2D eigenvalue weighted by Crippen LogP contribution is 2.56. The average molecular weight is 1090 g/mol. The maximum absolute atomic E-state index is 13.2. The molecular weight excluding hydrogens is 1020 g/mol. The fourth-order valence-electron chi connectivity index (χ4n) is 9.61. The van der Waals surface area contributed by atoms with Crippen molar-refractivity contribution in [2.45, 2.75) is 69.4 Å². The fourth-order valence-corrected chi connectivity index (χ4v) is 9.61. The van der Waals surface area contributed by atoms with E-state index >= 15 is 0 Å². The van der Waals surface area contributed by atoms with Crippen molar-refractivity contribution < 1.29 is 87.1 Å². The monoisotopic (exact) mass is 1090 g/mol. The Bertz CT molecular complexity index is 2690. The van der Waals surface area contributed by atoms with E-state index in [1.54, 1.807) is 48.6 Å². The van der Waals surface area contributed by atoms with E-state index in [0.29, 0.717) is 11.5 Å². The molecule has 79 heavy (non-hydrogen) atoms. The van der Waals surface area contributed by atoms with Gasteiger partial charge < -0.3 is 58.3 Å². The zero-order chi connectivity index (χ0) is 56.6. The smallest absolute Gasteiger partial charge is 0.333 e. The normalized spacial score (nSPS) is 19.2. The topological polar surface area (TPSA) is 257 Å². The number of ether oxygens (including phenoxy) is 8. The summed E-state index contributed by atoms with van der Waals surface area (Å²) in [7, 11) is 0. The van der Waals surface area contributed by atoms with Gasteiger partial charge in [-0.3, -0.25) is 19.2 Å². The van der Waals surface area contributed by atoms with Crippen LogP contribution in [-0.2, 0) is 62.6 Å². The number of rotatable bonds is 26. The van der Waals surface area contributed by atoms with Crippen molar-refractivity contribution in [2.75, 3.05) is 52.9 Å². The van der Waals surface area contributed by atoms with Gasteiger partial charge in [0.15, 0.2) is 0 Å². The predicted molar refractivity (Wildman–Crippen MR) is 285 cm³/mol. The first-order valence-electron chi connectivity index (χ1n) is 26.0. The molecule has 0 aromatic heterocycles. The number of fused-ring (bicyclic) bond motifs is 3. The molecule has 3 aliphatic rings. The first kappa shape index (κ1) is 58.8. The van der Waals surface area contributed by atoms with Gasteiger partial charge in [-0.05, 0) is 97.2 Å². The van der Waals surface area contributed by atoms with Crippen LogP contribution in [0.2, 0.25) is 0 Å². The summed E-state index contributed by atoms with van der Waals surface area (Å²) in [5, 5.41) is 42.0. The summed E-state index contributed by atoms with van der Waals surface area (Å²) < 4.78 is 43.2. The molecule has 4 aromatic carbocycles. The average Bonchev–Trinajstić information content (AvgIpc) is 3.85. The van der Waals surface area contributed by atoms with E-state index in [2.05, 4.69) is 37.4 Å². The fraction of sp³-hybridized carbons (Fsp3) is 0.377. The van der Waals surface area contributed by atoms with E-state index in [4.69, 9.17) is 37.9 Å². The highest BCUT2D eigenvalue weighted by Gasteiger charge is 2.46. The number of esters is 6. The Labute approximate surface area is 457 Å². The molecule has 0 saturated heterocycles. The van der Waals surface area contributed by atoms with Gasteiger partial charge in [-0.15, -0.1) is 0 Å². The number of aliphatic hydroxyl groups excluding tert-OH is 4. The van der Waals surface area contributed by atoms with Crippen molar-refractivity contribution >= 4 is 35.8 Å². The molecule has 418 valence electrons. The molecule has 8 unspecified atom stereocenters. The third kappa shape index (κ3) is 14.8. The lowest BCUT2D eigenvalue weighted by molar-refractivity contribution is -0.165. The summed E-state index contributed by atoms with van der Waals surface area (Å²) in [6, 6.07) is 31.4. The lowest BCUT2D eigenvalue weighted by atomic mass is 9.68. The molecule has 0 bridgehead atoms. The van der Waals surface area contributed by atoms with Gasteiger partial charge in [0.1, 0.15) is 88.8 Å². The number of hydrogen-bond acceptors (Lipinski definition) is 18. The maximum atomic E-state index is 13.2. The van der Waals surface area contributed by atoms with Crippen LogP contribution in [0.4, 0.5) is 0 Å². The van der Waals surface area contributed by atoms with E-state index in [1.165, 1.54) is 13.8 Å². The molecule has 0 heterocycles. The molecule has 7 rings (SSSR count). The molecule has 18 nitrogen and oxygen atoms in total. The molecule has 0 radical (unpaired) electrons. The number of carbonyl (C=O) groups excluding carboxylic acids is 6. The highest BCUT2D eigenvalue weighted by atomic mass is 16.6. The van der Waals surface area contributed by atoms with Gasteiger partial charge in [-0.25, -0.2) is 9.59 Å². The summed E-state index contributed by atoms with van der Waals surface area (Å²) in [6.45, 7) is 6.92. The van der Waals surface area contributed by atoms with Crippen LogP contribution in [0.5, 0.6) is 11.5 Å². The van der Waals surface area contributed by atoms with E-state index in [9.17, 15) is 49.2 Å². The third-order valence-electron chi connectivity index (χ3n) is 13.7. The maximum Gasteiger partial charge on any atom is 0.333 e. The Balaban J connectivity index is 0.938. The van der Waals surface area contributed by atoms with Crippen molar-refractivity contribution in [1.82, 2.24) is 0 Å². The quantitative estimate of drug-likeness (QED) is 0.0220. The van der Waals surface area contributed by atoms with Crippen molar-refractivity contribution in [3.05, 3.63) is 168 Å². The number of carbonyl (C=O) groups is 6. The minimum atomic E-state index is -1.28. The molecule has 0 fully saturated rings. The summed E-state index contributed by atoms with van der Waals surface area (Å²) in [4.78, 5) is 75.7. The van der Waals surface area contributed by atoms with Gasteiger partial charge >= 0.3 is 35.8 Å². The van der Waals surface area contributed by atoms with Gasteiger partial charge in [-0.2, -0.15) is 0 Å². The standard InChI is InChI=1S/C61H66O18/c1-37(2)55(66)74-31-43(64)35-78-59(70)51-17-7-5-15-49(51)57(68)76-33-41(62)29-72-45-25-21-39(22-26-45)61(53-19-11-9-13-47(53)48-14-10-12-20-54(48)61)40-23-27-46(28-24-40)73-30-42(63)34-77-58(69)50-16-6-8-18-52(50)60(71)79-36-44(65)32-75-56(67)38(3)4/h5-14,19-28,41-44,49-52,62-65H,1,3,15-18,29-36H2,2,4H3. The molecule has 4 N–H and O–H groups in total. The molecule has 3 aliphatic carbocycles. The minimum absolute atomic E-state index is 0.154. The van der Waals surface area contributed by atoms with Crippen molar-refractivity contribution in [3.63, 3.8) is 0 Å². The van der Waals surface area contributed by atoms with Crippen LogP contribution < -0.4 is 9.47 Å². The Kier molecular flexibility index (Phi) is 20.5. The first-order chi connectivity index (χ1) is 38.0. The van der Waals surface area contributed by atoms with E-state index in [0.717, 1.165) is 33.4 Å². The Hall–Kier alpha value is -7.90. The highest BCUT2D eigenvalue weighted by molar-refractivity contribution is 5.88. The zero-order valence-corrected chi connectivity index (χ0v) is 44.1. The lowest BCUT2D eigenvalue weighted by Gasteiger charge is -2.34. The molecule has 8 atom stereocenters. The van der Waals surface area contributed by atoms with Crippen LogP contribution in [-0.4, -0.2) is 134 Å². The molecule has 18 heteroatoms. The van der Waals surface area contributed by atoms with Crippen LogP contribution in [0.3, 0.4) is 0 Å². The summed E-state index contributed by atoms with van der Waals surface area (Å²) in [5.74, 6) is -6.89. The SMILES string of the molecule is C=C(C)C(=O)OCC(O)COC(=O)C1CC=CCC1C(=O)OCC(O)COc1ccc(C2(c3ccc(OCC(O)COC(=O)C4CC=CCC4C(=O)OCC(O)COC(=O)C(=C)C)cc3)c3ccccc3-c3ccccc32)cc1. The second kappa shape index (κ2) is 27.6. The molecule has 0 amide bonds. The minimum Gasteiger partial charge on any atom is -0.491 e. The lowest BCUT2D eigenvalue weighted by Crippen LogP contribution is -2.36. The second-order valence-corrected chi connectivity index (χ2v) is 19.7. The molecule has 0 spiro atoms. The van der Waals surface area contributed by atoms with Crippen molar-refractivity contribution in [2.24, 2.45) is 23.7 Å². The van der Waals surface area contributed by atoms with E-state index < -0.39 is 129 Å². The zero-order valence-electron chi connectivity index (χ0n) is 44.1. The Morgan fingerprint density at radius 3 is 1.01 bits per heavy atom. The van der Waals surface area contributed by atoms with Crippen LogP contribution in [0.25, 0.3) is 11.1 Å². The van der Waals surface area contributed by atoms with Gasteiger partial charge in [0.05, 0.1) is 29.1 Å². The summed E-state index contributed by atoms with van der Waals surface area (Å²) >= 11 is 0. The van der Waals surface area contributed by atoms with Crippen LogP contribution >= 0.6 is 0 Å². The van der Waals surface area contributed by atoms with Crippen LogP contribution in [0, 0.1) is 23.7 Å². The van der Waals surface area contributed by atoms with E-state index in [-0.39, 0.29) is 50.0 Å². The van der Waals surface area contributed by atoms with Gasteiger partial charge in [0.2, 0.25) is 0 Å². The van der Waals surface area contributed by atoms with E-state index in [1.807, 2.05) is 48.5 Å². The van der Waals surface area contributed by atoms with Crippen molar-refractivity contribution in [3.8, 4) is 22.6 Å². The number of aliphatic hydroxyl groups is 4. The number of benzene rings is 4.